The highest BCUT2D eigenvalue weighted by Crippen LogP contribution is 2.58. The number of allylic oxidation sites excluding steroid dienone is 1. The van der Waals surface area contributed by atoms with E-state index < -0.39 is 11.3 Å². The molecule has 4 atom stereocenters. The first-order chi connectivity index (χ1) is 10.7. The predicted molar refractivity (Wildman–Crippen MR) is 81.6 cm³/mol. The van der Waals surface area contributed by atoms with Crippen molar-refractivity contribution >= 4 is 11.7 Å². The highest BCUT2D eigenvalue weighted by molar-refractivity contribution is 6.40. The molecule has 0 aromatic heterocycles. The van der Waals surface area contributed by atoms with Gasteiger partial charge in [0.1, 0.15) is 17.3 Å². The molecule has 1 aromatic rings. The third-order valence-electron chi connectivity index (χ3n) is 5.33. The van der Waals surface area contributed by atoms with Crippen molar-refractivity contribution in [3.63, 3.8) is 0 Å². The molecule has 0 radical (unpaired) electrons. The zero-order valence-electron chi connectivity index (χ0n) is 12.5. The van der Waals surface area contributed by atoms with Gasteiger partial charge >= 0.3 is 0 Å². The summed E-state index contributed by atoms with van der Waals surface area (Å²) in [4.78, 5) is 25.4. The van der Waals surface area contributed by atoms with Crippen LogP contribution < -0.4 is 10.1 Å². The van der Waals surface area contributed by atoms with Crippen LogP contribution in [0.2, 0.25) is 0 Å². The van der Waals surface area contributed by atoms with E-state index in [0.29, 0.717) is 6.54 Å². The number of likely N-dealkylation sites (N-methyl/N-ethyl adjacent to an activating group) is 1. The Morgan fingerprint density at radius 1 is 1.27 bits per heavy atom. The molecule has 4 heteroatoms. The highest BCUT2D eigenvalue weighted by Gasteiger charge is 2.64. The molecule has 1 aliphatic heterocycles. The fourth-order valence-corrected chi connectivity index (χ4v) is 4.45. The Labute approximate surface area is 129 Å². The largest absolute Gasteiger partial charge is 0.488 e. The van der Waals surface area contributed by atoms with Gasteiger partial charge in [0.2, 0.25) is 5.78 Å². The molecular weight excluding hydrogens is 278 g/mol. The minimum absolute atomic E-state index is 0.0428. The summed E-state index contributed by atoms with van der Waals surface area (Å²) in [6.07, 6.45) is 5.98. The van der Waals surface area contributed by atoms with Crippen molar-refractivity contribution in [3.05, 3.63) is 42.0 Å². The maximum atomic E-state index is 13.1. The number of fused-ring (bicyclic) bond motifs is 2. The molecule has 3 aliphatic carbocycles. The van der Waals surface area contributed by atoms with E-state index in [1.54, 1.807) is 0 Å². The van der Waals surface area contributed by atoms with Crippen LogP contribution in [0.1, 0.15) is 25.3 Å². The number of carbonyl (C=O) groups excluding carboxylic acids is 2. The molecule has 0 unspecified atom stereocenters. The summed E-state index contributed by atoms with van der Waals surface area (Å²) in [5.74, 6) is 0.167. The van der Waals surface area contributed by atoms with E-state index in [2.05, 4.69) is 17.5 Å². The van der Waals surface area contributed by atoms with Crippen LogP contribution in [0, 0.1) is 11.8 Å². The third kappa shape index (κ3) is 1.52. The molecular formula is C18H19NO3. The molecule has 5 rings (SSSR count). The highest BCUT2D eigenvalue weighted by atomic mass is 16.5. The van der Waals surface area contributed by atoms with Crippen LogP contribution in [-0.4, -0.2) is 24.3 Å². The lowest BCUT2D eigenvalue weighted by Crippen LogP contribution is -2.61. The lowest BCUT2D eigenvalue weighted by atomic mass is 9.53. The quantitative estimate of drug-likeness (QED) is 0.685. The van der Waals surface area contributed by atoms with Crippen molar-refractivity contribution in [1.29, 1.82) is 0 Å². The number of amides is 1. The number of para-hydroxylation sites is 1. The fourth-order valence-electron chi connectivity index (χ4n) is 4.45. The van der Waals surface area contributed by atoms with Crippen LogP contribution >= 0.6 is 0 Å². The Hall–Kier alpha value is -2.10. The van der Waals surface area contributed by atoms with Gasteiger partial charge in [-0.15, -0.1) is 0 Å². The Morgan fingerprint density at radius 2 is 2.09 bits per heavy atom. The summed E-state index contributed by atoms with van der Waals surface area (Å²) in [6, 6.07) is 7.68. The molecule has 22 heavy (non-hydrogen) atoms. The number of rotatable bonds is 3. The van der Waals surface area contributed by atoms with Gasteiger partial charge in [-0.3, -0.25) is 9.59 Å². The molecule has 1 heterocycles. The van der Waals surface area contributed by atoms with E-state index >= 15 is 0 Å². The van der Waals surface area contributed by atoms with E-state index in [1.807, 2.05) is 31.2 Å². The van der Waals surface area contributed by atoms with Crippen LogP contribution in [0.25, 0.3) is 0 Å². The van der Waals surface area contributed by atoms with Gasteiger partial charge < -0.3 is 10.1 Å². The van der Waals surface area contributed by atoms with Gasteiger partial charge in [0.15, 0.2) is 0 Å². The molecule has 4 aliphatic rings. The van der Waals surface area contributed by atoms with E-state index in [-0.39, 0.29) is 23.7 Å². The standard InChI is InChI=1S/C18H19NO3/c1-2-19-17(21)15(20)18-12-9-7-11(8-10-12)16(18)22-14-6-4-3-5-13(14)18/h3-7,9,11-12,16H,2,8,10H2,1H3,(H,19,21)/t11-,12+,16+,18+/m1/s1. The second kappa shape index (κ2) is 4.70. The second-order valence-electron chi connectivity index (χ2n) is 6.32. The van der Waals surface area contributed by atoms with Gasteiger partial charge in [-0.1, -0.05) is 30.4 Å². The molecule has 114 valence electrons. The first kappa shape index (κ1) is 13.6. The van der Waals surface area contributed by atoms with Crippen molar-refractivity contribution in [1.82, 2.24) is 5.32 Å². The van der Waals surface area contributed by atoms with E-state index in [9.17, 15) is 9.59 Å². The fraction of sp³-hybridized carbons (Fsp3) is 0.444. The zero-order valence-corrected chi connectivity index (χ0v) is 12.5. The lowest BCUT2D eigenvalue weighted by molar-refractivity contribution is -0.146. The van der Waals surface area contributed by atoms with Crippen molar-refractivity contribution in [2.24, 2.45) is 11.8 Å². The molecule has 1 N–H and O–H groups in total. The maximum Gasteiger partial charge on any atom is 0.288 e. The average molecular weight is 297 g/mol. The van der Waals surface area contributed by atoms with Crippen LogP contribution in [0.3, 0.4) is 0 Å². The number of nitrogens with one attached hydrogen (secondary N) is 1. The van der Waals surface area contributed by atoms with Gasteiger partial charge in [0, 0.05) is 18.0 Å². The van der Waals surface area contributed by atoms with Crippen molar-refractivity contribution in [3.8, 4) is 5.75 Å². The first-order valence-electron chi connectivity index (χ1n) is 7.96. The Balaban J connectivity index is 1.89. The molecule has 4 nitrogen and oxygen atoms in total. The van der Waals surface area contributed by atoms with E-state index in [1.165, 1.54) is 0 Å². The van der Waals surface area contributed by atoms with Gasteiger partial charge in [0.25, 0.3) is 5.91 Å². The predicted octanol–water partition coefficient (Wildman–Crippen LogP) is 1.99. The van der Waals surface area contributed by atoms with Crippen LogP contribution in [0.15, 0.2) is 36.4 Å². The van der Waals surface area contributed by atoms with Crippen LogP contribution in [-0.2, 0) is 15.0 Å². The number of hydrogen-bond donors (Lipinski definition) is 1. The zero-order chi connectivity index (χ0) is 15.3. The molecule has 1 saturated carbocycles. The molecule has 2 bridgehead atoms. The van der Waals surface area contributed by atoms with Gasteiger partial charge in [-0.25, -0.2) is 0 Å². The summed E-state index contributed by atoms with van der Waals surface area (Å²) < 4.78 is 6.15. The van der Waals surface area contributed by atoms with E-state index in [4.69, 9.17) is 4.74 Å². The molecule has 0 saturated heterocycles. The minimum Gasteiger partial charge on any atom is -0.488 e. The summed E-state index contributed by atoms with van der Waals surface area (Å²) in [7, 11) is 0. The number of ether oxygens (including phenoxy) is 1. The number of hydrogen-bond acceptors (Lipinski definition) is 3. The SMILES string of the molecule is CCNC(=O)C(=O)[C@]12c3ccccc3O[C@H]1[C@@H]1C=C[C@H]2CC1. The van der Waals surface area contributed by atoms with Crippen molar-refractivity contribution in [2.45, 2.75) is 31.3 Å². The smallest absolute Gasteiger partial charge is 0.288 e. The number of ketones is 1. The molecule has 1 amide bonds. The van der Waals surface area contributed by atoms with Crippen molar-refractivity contribution < 1.29 is 14.3 Å². The molecule has 1 aromatic carbocycles. The van der Waals surface area contributed by atoms with E-state index in [0.717, 1.165) is 24.2 Å². The Kier molecular flexibility index (Phi) is 2.90. The average Bonchev–Trinajstić information content (AvgIpc) is 2.93. The second-order valence-corrected chi connectivity index (χ2v) is 6.32. The van der Waals surface area contributed by atoms with Gasteiger partial charge in [-0.2, -0.15) is 0 Å². The normalized spacial score (nSPS) is 33.8. The Morgan fingerprint density at radius 3 is 2.82 bits per heavy atom. The summed E-state index contributed by atoms with van der Waals surface area (Å²) >= 11 is 0. The summed E-state index contributed by atoms with van der Waals surface area (Å²) in [6.45, 7) is 2.28. The summed E-state index contributed by atoms with van der Waals surface area (Å²) in [5.41, 5.74) is 0.0448. The third-order valence-corrected chi connectivity index (χ3v) is 5.33. The Bertz CT molecular complexity index is 681. The lowest BCUT2D eigenvalue weighted by Gasteiger charge is -2.48. The van der Waals surface area contributed by atoms with Crippen molar-refractivity contribution in [2.75, 3.05) is 6.54 Å². The van der Waals surface area contributed by atoms with Gasteiger partial charge in [0.05, 0.1) is 0 Å². The summed E-state index contributed by atoms with van der Waals surface area (Å²) in [5, 5.41) is 2.67. The number of benzene rings is 1. The van der Waals surface area contributed by atoms with Crippen LogP contribution in [0.4, 0.5) is 0 Å². The topological polar surface area (TPSA) is 55.4 Å². The monoisotopic (exact) mass is 297 g/mol. The molecule has 0 spiro atoms. The first-order valence-corrected chi connectivity index (χ1v) is 7.96. The number of Topliss-reactive ketones (excluding diaryl/α,β-unsaturated/α-hetero) is 1. The van der Waals surface area contributed by atoms with Gasteiger partial charge in [-0.05, 0) is 31.7 Å². The maximum absolute atomic E-state index is 13.1. The number of carbonyl (C=O) groups is 2. The molecule has 1 fully saturated rings. The minimum atomic E-state index is -0.840. The van der Waals surface area contributed by atoms with Crippen LogP contribution in [0.5, 0.6) is 5.75 Å².